The molecule has 0 saturated carbocycles. The first-order valence-electron chi connectivity index (χ1n) is 7.05. The highest BCUT2D eigenvalue weighted by atomic mass is 16.4. The minimum atomic E-state index is -0.728. The number of carbonyl (C=O) groups is 1. The second-order valence-corrected chi connectivity index (χ2v) is 5.20. The van der Waals surface area contributed by atoms with Crippen molar-refractivity contribution in [1.82, 2.24) is 9.55 Å². The summed E-state index contributed by atoms with van der Waals surface area (Å²) in [7, 11) is 0. The smallest absolute Gasteiger partial charge is 0.307 e. The third-order valence-electron chi connectivity index (χ3n) is 4.08. The van der Waals surface area contributed by atoms with Crippen molar-refractivity contribution < 1.29 is 9.90 Å². The van der Waals surface area contributed by atoms with Crippen LogP contribution in [0.15, 0.2) is 36.4 Å². The lowest BCUT2D eigenvalue weighted by atomic mass is 9.82. The van der Waals surface area contributed by atoms with Gasteiger partial charge in [0, 0.05) is 12.5 Å². The quantitative estimate of drug-likeness (QED) is 0.871. The molecule has 2 aromatic rings. The molecule has 3 rings (SSSR count). The van der Waals surface area contributed by atoms with Crippen LogP contribution in [0.4, 0.5) is 0 Å². The Balaban J connectivity index is 2.13. The lowest BCUT2D eigenvalue weighted by Crippen LogP contribution is -2.25. The van der Waals surface area contributed by atoms with Crippen LogP contribution >= 0.6 is 0 Å². The van der Waals surface area contributed by atoms with E-state index in [4.69, 9.17) is 4.98 Å². The molecule has 0 bridgehead atoms. The molecule has 104 valence electrons. The van der Waals surface area contributed by atoms with Crippen LogP contribution in [0, 0.1) is 5.92 Å². The molecule has 2 atom stereocenters. The Kier molecular flexibility index (Phi) is 3.30. The van der Waals surface area contributed by atoms with Crippen molar-refractivity contribution >= 4 is 17.0 Å². The van der Waals surface area contributed by atoms with Gasteiger partial charge in [0.15, 0.2) is 0 Å². The molecule has 0 amide bonds. The highest BCUT2D eigenvalue weighted by molar-refractivity contribution is 5.77. The van der Waals surface area contributed by atoms with Gasteiger partial charge in [0.1, 0.15) is 5.82 Å². The number of fused-ring (bicyclic) bond motifs is 1. The van der Waals surface area contributed by atoms with Gasteiger partial charge in [-0.15, -0.1) is 0 Å². The number of allylic oxidation sites excluding steroid dienone is 2. The summed E-state index contributed by atoms with van der Waals surface area (Å²) in [5.74, 6) is -0.230. The number of imidazole rings is 1. The summed E-state index contributed by atoms with van der Waals surface area (Å²) in [5.41, 5.74) is 2.03. The fourth-order valence-corrected chi connectivity index (χ4v) is 3.08. The van der Waals surface area contributed by atoms with Gasteiger partial charge in [-0.25, -0.2) is 4.98 Å². The molecule has 1 aliphatic carbocycles. The number of carboxylic acid groups (broad SMARTS) is 1. The minimum absolute atomic E-state index is 0.0372. The third kappa shape index (κ3) is 2.01. The third-order valence-corrected chi connectivity index (χ3v) is 4.08. The molecule has 0 radical (unpaired) electrons. The van der Waals surface area contributed by atoms with E-state index in [1.807, 2.05) is 30.3 Å². The van der Waals surface area contributed by atoms with Gasteiger partial charge in [-0.3, -0.25) is 4.79 Å². The van der Waals surface area contributed by atoms with Crippen molar-refractivity contribution in [2.75, 3.05) is 0 Å². The number of carboxylic acids is 1. The zero-order valence-electron chi connectivity index (χ0n) is 11.5. The normalized spacial score (nSPS) is 22.2. The average molecular weight is 270 g/mol. The molecule has 0 saturated heterocycles. The zero-order chi connectivity index (χ0) is 14.1. The number of aliphatic carboxylic acids is 1. The average Bonchev–Trinajstić information content (AvgIpc) is 2.85. The molecule has 1 aromatic heterocycles. The molecule has 0 spiro atoms. The molecule has 4 nitrogen and oxygen atoms in total. The summed E-state index contributed by atoms with van der Waals surface area (Å²) in [6.07, 6.45) is 5.38. The highest BCUT2D eigenvalue weighted by Gasteiger charge is 2.33. The van der Waals surface area contributed by atoms with Crippen molar-refractivity contribution in [2.45, 2.75) is 32.2 Å². The first-order chi connectivity index (χ1) is 9.72. The molecule has 1 aromatic carbocycles. The van der Waals surface area contributed by atoms with Gasteiger partial charge in [-0.1, -0.05) is 24.3 Å². The van der Waals surface area contributed by atoms with Crippen molar-refractivity contribution in [3.63, 3.8) is 0 Å². The van der Waals surface area contributed by atoms with E-state index < -0.39 is 5.97 Å². The van der Waals surface area contributed by atoms with Crippen molar-refractivity contribution in [1.29, 1.82) is 0 Å². The second kappa shape index (κ2) is 5.12. The number of benzene rings is 1. The van der Waals surface area contributed by atoms with Crippen LogP contribution in [-0.4, -0.2) is 20.6 Å². The van der Waals surface area contributed by atoms with Crippen LogP contribution in [0.2, 0.25) is 0 Å². The van der Waals surface area contributed by atoms with Gasteiger partial charge in [0.05, 0.1) is 17.0 Å². The first-order valence-corrected chi connectivity index (χ1v) is 7.05. The van der Waals surface area contributed by atoms with Crippen molar-refractivity contribution in [3.05, 3.63) is 42.2 Å². The van der Waals surface area contributed by atoms with E-state index in [0.717, 1.165) is 29.8 Å². The van der Waals surface area contributed by atoms with Crippen LogP contribution in [0.3, 0.4) is 0 Å². The predicted octanol–water partition coefficient (Wildman–Crippen LogP) is 3.19. The number of rotatable bonds is 3. The number of hydrogen-bond donors (Lipinski definition) is 1. The molecule has 20 heavy (non-hydrogen) atoms. The van der Waals surface area contributed by atoms with Crippen LogP contribution in [0.5, 0.6) is 0 Å². The molecule has 0 aliphatic heterocycles. The number of nitrogens with zero attached hydrogens (tertiary/aromatic N) is 2. The van der Waals surface area contributed by atoms with Gasteiger partial charge >= 0.3 is 5.97 Å². The van der Waals surface area contributed by atoms with Gasteiger partial charge in [0.25, 0.3) is 0 Å². The minimum Gasteiger partial charge on any atom is -0.481 e. The van der Waals surface area contributed by atoms with E-state index in [1.165, 1.54) is 0 Å². The standard InChI is InChI=1S/C16H18N2O2/c1-2-18-14-10-6-5-9-13(14)17-15(18)11-7-3-4-8-12(11)16(19)20/h3-6,9-12H,2,7-8H2,1H3,(H,19,20)/t11-,12+/m1/s1. The molecule has 1 N–H and O–H groups in total. The fourth-order valence-electron chi connectivity index (χ4n) is 3.08. The molecule has 4 heteroatoms. The van der Waals surface area contributed by atoms with E-state index in [9.17, 15) is 9.90 Å². The summed E-state index contributed by atoms with van der Waals surface area (Å²) in [6.45, 7) is 2.88. The lowest BCUT2D eigenvalue weighted by Gasteiger charge is -2.25. The lowest BCUT2D eigenvalue weighted by molar-refractivity contribution is -0.142. The van der Waals surface area contributed by atoms with Crippen LogP contribution in [-0.2, 0) is 11.3 Å². The van der Waals surface area contributed by atoms with Crippen LogP contribution in [0.1, 0.15) is 31.5 Å². The summed E-state index contributed by atoms with van der Waals surface area (Å²) < 4.78 is 2.15. The van der Waals surface area contributed by atoms with E-state index >= 15 is 0 Å². The molecular weight excluding hydrogens is 252 g/mol. The number of aromatic nitrogens is 2. The fraction of sp³-hybridized carbons (Fsp3) is 0.375. The maximum atomic E-state index is 11.5. The second-order valence-electron chi connectivity index (χ2n) is 5.20. The van der Waals surface area contributed by atoms with E-state index in [1.54, 1.807) is 0 Å². The van der Waals surface area contributed by atoms with Gasteiger partial charge in [-0.05, 0) is 31.9 Å². The van der Waals surface area contributed by atoms with E-state index in [-0.39, 0.29) is 11.8 Å². The Morgan fingerprint density at radius 1 is 1.35 bits per heavy atom. The van der Waals surface area contributed by atoms with Crippen molar-refractivity contribution in [3.8, 4) is 0 Å². The Labute approximate surface area is 117 Å². The largest absolute Gasteiger partial charge is 0.481 e. The van der Waals surface area contributed by atoms with Gasteiger partial charge < -0.3 is 9.67 Å². The maximum Gasteiger partial charge on any atom is 0.307 e. The predicted molar refractivity (Wildman–Crippen MR) is 77.6 cm³/mol. The van der Waals surface area contributed by atoms with E-state index in [2.05, 4.69) is 17.6 Å². The molecule has 0 fully saturated rings. The summed E-state index contributed by atoms with van der Waals surface area (Å²) in [4.78, 5) is 16.2. The number of hydrogen-bond acceptors (Lipinski definition) is 2. The molecular formula is C16H18N2O2. The topological polar surface area (TPSA) is 55.1 Å². The number of para-hydroxylation sites is 2. The van der Waals surface area contributed by atoms with E-state index in [0.29, 0.717) is 6.42 Å². The molecule has 1 aliphatic rings. The highest BCUT2D eigenvalue weighted by Crippen LogP contribution is 2.35. The first kappa shape index (κ1) is 12.9. The Morgan fingerprint density at radius 2 is 2.10 bits per heavy atom. The number of aryl methyl sites for hydroxylation is 1. The SMILES string of the molecule is CCn1c([C@@H]2CC=CC[C@@H]2C(=O)O)nc2ccccc21. The maximum absolute atomic E-state index is 11.5. The van der Waals surface area contributed by atoms with Crippen LogP contribution < -0.4 is 0 Å². The van der Waals surface area contributed by atoms with Crippen LogP contribution in [0.25, 0.3) is 11.0 Å². The Hall–Kier alpha value is -2.10. The van der Waals surface area contributed by atoms with Gasteiger partial charge in [0.2, 0.25) is 0 Å². The molecule has 0 unspecified atom stereocenters. The summed E-state index contributed by atoms with van der Waals surface area (Å²) >= 11 is 0. The summed E-state index contributed by atoms with van der Waals surface area (Å²) in [6, 6.07) is 7.99. The molecule has 1 heterocycles. The summed E-state index contributed by atoms with van der Waals surface area (Å²) in [5, 5.41) is 9.44. The Morgan fingerprint density at radius 3 is 2.85 bits per heavy atom. The Bertz CT molecular complexity index is 672. The monoisotopic (exact) mass is 270 g/mol. The van der Waals surface area contributed by atoms with Gasteiger partial charge in [-0.2, -0.15) is 0 Å². The van der Waals surface area contributed by atoms with Crippen molar-refractivity contribution in [2.24, 2.45) is 5.92 Å². The zero-order valence-corrected chi connectivity index (χ0v) is 11.5.